The lowest BCUT2D eigenvalue weighted by molar-refractivity contribution is -0.147. The van der Waals surface area contributed by atoms with Crippen LogP contribution in [0.15, 0.2) is 35.3 Å². The molecular formula is C23H35ClN2O5. The number of ether oxygens (including phenoxy) is 3. The van der Waals surface area contributed by atoms with E-state index in [1.54, 1.807) is 20.8 Å². The fraction of sp³-hybridized carbons (Fsp3) is 0.609. The predicted octanol–water partition coefficient (Wildman–Crippen LogP) is 4.86. The summed E-state index contributed by atoms with van der Waals surface area (Å²) in [5.41, 5.74) is 0.880. The molecule has 1 atom stereocenters. The van der Waals surface area contributed by atoms with E-state index in [0.717, 1.165) is 18.4 Å². The lowest BCUT2D eigenvalue weighted by Gasteiger charge is -2.23. The number of hydrogen-bond donors (Lipinski definition) is 1. The van der Waals surface area contributed by atoms with Gasteiger partial charge < -0.3 is 19.5 Å². The normalized spacial score (nSPS) is 12.9. The van der Waals surface area contributed by atoms with E-state index in [4.69, 9.17) is 25.8 Å². The van der Waals surface area contributed by atoms with Crippen molar-refractivity contribution in [3.63, 3.8) is 0 Å². The number of unbranched alkanes of at least 4 members (excludes halogenated alkanes) is 1. The fourth-order valence-corrected chi connectivity index (χ4v) is 2.69. The van der Waals surface area contributed by atoms with Crippen molar-refractivity contribution >= 4 is 29.4 Å². The Bertz CT molecular complexity index is 689. The molecule has 0 aliphatic rings. The van der Waals surface area contributed by atoms with Gasteiger partial charge in [-0.05, 0) is 45.6 Å². The highest BCUT2D eigenvalue weighted by Gasteiger charge is 2.26. The number of hydrogen-bond acceptors (Lipinski definition) is 6. The summed E-state index contributed by atoms with van der Waals surface area (Å²) in [5.74, 6) is -0.321. The summed E-state index contributed by atoms with van der Waals surface area (Å²) < 4.78 is 16.1. The predicted molar refractivity (Wildman–Crippen MR) is 123 cm³/mol. The van der Waals surface area contributed by atoms with E-state index in [9.17, 15) is 9.59 Å². The third-order valence-corrected chi connectivity index (χ3v) is 4.41. The maximum Gasteiger partial charge on any atom is 0.408 e. The van der Waals surface area contributed by atoms with E-state index < -0.39 is 23.7 Å². The van der Waals surface area contributed by atoms with Crippen LogP contribution in [-0.4, -0.2) is 48.6 Å². The van der Waals surface area contributed by atoms with Crippen LogP contribution in [-0.2, 0) is 25.6 Å². The quantitative estimate of drug-likeness (QED) is 0.199. The maximum absolute atomic E-state index is 12.7. The molecule has 1 aromatic rings. The molecule has 1 amide bonds. The number of aliphatic imine (C=N–C) groups is 1. The van der Waals surface area contributed by atoms with Gasteiger partial charge in [0.15, 0.2) is 0 Å². The molecule has 1 aromatic carbocycles. The van der Waals surface area contributed by atoms with Crippen LogP contribution in [0.5, 0.6) is 0 Å². The number of nitrogens with one attached hydrogen (secondary N) is 1. The molecule has 0 spiro atoms. The highest BCUT2D eigenvalue weighted by Crippen LogP contribution is 2.10. The minimum absolute atomic E-state index is 0.119. The standard InChI is InChI=1S/C23H35ClN2O5/c1-5-6-14-29-17-25-19(15-24)12-13-20(26-22(28)31-23(2,3)4)21(27)30-16-18-10-8-7-9-11-18/h7-11,20H,5-6,12-17H2,1-4H3,(H,26,28)/b25-19+/t20-/m0/s1. The van der Waals surface area contributed by atoms with Gasteiger partial charge in [-0.2, -0.15) is 0 Å². The van der Waals surface area contributed by atoms with Gasteiger partial charge in [0.05, 0.1) is 5.88 Å². The van der Waals surface area contributed by atoms with Gasteiger partial charge in [-0.1, -0.05) is 43.7 Å². The fourth-order valence-electron chi connectivity index (χ4n) is 2.48. The molecule has 0 saturated carbocycles. The topological polar surface area (TPSA) is 86.2 Å². The van der Waals surface area contributed by atoms with Crippen molar-refractivity contribution in [1.29, 1.82) is 0 Å². The Kier molecular flexibility index (Phi) is 12.9. The van der Waals surface area contributed by atoms with Crippen LogP contribution in [0.1, 0.15) is 58.9 Å². The summed E-state index contributed by atoms with van der Waals surface area (Å²) in [6.45, 7) is 8.35. The highest BCUT2D eigenvalue weighted by molar-refractivity contribution is 6.28. The molecule has 7 nitrogen and oxygen atoms in total. The third-order valence-electron chi connectivity index (χ3n) is 4.10. The summed E-state index contributed by atoms with van der Waals surface area (Å²) in [5, 5.41) is 2.61. The highest BCUT2D eigenvalue weighted by atomic mass is 35.5. The first kappa shape index (κ1) is 26.9. The van der Waals surface area contributed by atoms with Gasteiger partial charge in [-0.3, -0.25) is 4.99 Å². The van der Waals surface area contributed by atoms with Crippen molar-refractivity contribution in [1.82, 2.24) is 5.32 Å². The van der Waals surface area contributed by atoms with Gasteiger partial charge in [-0.15, -0.1) is 11.6 Å². The second-order valence-corrected chi connectivity index (χ2v) is 8.35. The van der Waals surface area contributed by atoms with Crippen LogP contribution >= 0.6 is 11.6 Å². The van der Waals surface area contributed by atoms with Crippen molar-refractivity contribution in [2.24, 2.45) is 4.99 Å². The van der Waals surface area contributed by atoms with Crippen molar-refractivity contribution in [3.05, 3.63) is 35.9 Å². The number of nitrogens with zero attached hydrogens (tertiary/aromatic N) is 1. The van der Waals surface area contributed by atoms with Crippen molar-refractivity contribution in [2.45, 2.75) is 71.6 Å². The average molecular weight is 455 g/mol. The molecule has 0 unspecified atom stereocenters. The zero-order chi connectivity index (χ0) is 23.1. The van der Waals surface area contributed by atoms with Crippen LogP contribution in [0, 0.1) is 0 Å². The average Bonchev–Trinajstić information content (AvgIpc) is 2.72. The molecule has 0 aliphatic heterocycles. The zero-order valence-corrected chi connectivity index (χ0v) is 19.7. The minimum atomic E-state index is -0.881. The summed E-state index contributed by atoms with van der Waals surface area (Å²) in [6.07, 6.45) is 2.05. The summed E-state index contributed by atoms with van der Waals surface area (Å²) in [4.78, 5) is 29.2. The Morgan fingerprint density at radius 2 is 1.90 bits per heavy atom. The number of rotatable bonds is 13. The smallest absolute Gasteiger partial charge is 0.408 e. The Hall–Kier alpha value is -2.12. The number of amides is 1. The lowest BCUT2D eigenvalue weighted by atomic mass is 10.1. The molecular weight excluding hydrogens is 420 g/mol. The first-order valence-electron chi connectivity index (χ1n) is 10.6. The summed E-state index contributed by atoms with van der Waals surface area (Å²) in [6, 6.07) is 8.46. The van der Waals surface area contributed by atoms with Crippen molar-refractivity contribution in [3.8, 4) is 0 Å². The van der Waals surface area contributed by atoms with Gasteiger partial charge in [-0.25, -0.2) is 9.59 Å². The van der Waals surface area contributed by atoms with E-state index in [-0.39, 0.29) is 25.6 Å². The number of alkyl carbamates (subject to hydrolysis) is 1. The van der Waals surface area contributed by atoms with Crippen molar-refractivity contribution in [2.75, 3.05) is 19.2 Å². The van der Waals surface area contributed by atoms with Crippen LogP contribution in [0.3, 0.4) is 0 Å². The second kappa shape index (κ2) is 14.8. The molecule has 0 bridgehead atoms. The number of esters is 1. The van der Waals surface area contributed by atoms with Gasteiger partial charge in [0.1, 0.15) is 25.0 Å². The zero-order valence-electron chi connectivity index (χ0n) is 19.0. The van der Waals surface area contributed by atoms with E-state index in [1.165, 1.54) is 0 Å². The number of benzene rings is 1. The van der Waals surface area contributed by atoms with Crippen LogP contribution in [0.2, 0.25) is 0 Å². The van der Waals surface area contributed by atoms with Crippen LogP contribution in [0.25, 0.3) is 0 Å². The Morgan fingerprint density at radius 1 is 1.19 bits per heavy atom. The number of carbonyl (C=O) groups is 2. The number of halogens is 1. The van der Waals surface area contributed by atoms with E-state index in [2.05, 4.69) is 17.2 Å². The van der Waals surface area contributed by atoms with Gasteiger partial charge >= 0.3 is 12.1 Å². The van der Waals surface area contributed by atoms with Gasteiger partial charge in [0.2, 0.25) is 0 Å². The third kappa shape index (κ3) is 13.0. The second-order valence-electron chi connectivity index (χ2n) is 8.08. The largest absolute Gasteiger partial charge is 0.459 e. The Labute approximate surface area is 190 Å². The summed E-state index contributed by atoms with van der Waals surface area (Å²) in [7, 11) is 0. The Morgan fingerprint density at radius 3 is 2.52 bits per heavy atom. The van der Waals surface area contributed by atoms with Crippen LogP contribution < -0.4 is 5.32 Å². The molecule has 0 saturated heterocycles. The molecule has 1 rings (SSSR count). The first-order chi connectivity index (χ1) is 14.7. The molecule has 31 heavy (non-hydrogen) atoms. The molecule has 0 aliphatic carbocycles. The molecule has 0 fully saturated rings. The summed E-state index contributed by atoms with van der Waals surface area (Å²) >= 11 is 5.99. The molecule has 0 radical (unpaired) electrons. The maximum atomic E-state index is 12.7. The SMILES string of the molecule is CCCCOC/N=C(/CCl)CC[C@H](NC(=O)OC(C)(C)C)C(=O)OCc1ccccc1. The number of alkyl halides is 1. The van der Waals surface area contributed by atoms with Gasteiger partial charge in [0.25, 0.3) is 0 Å². The molecule has 0 aromatic heterocycles. The first-order valence-corrected chi connectivity index (χ1v) is 11.1. The Balaban J connectivity index is 2.70. The number of carbonyl (C=O) groups excluding carboxylic acids is 2. The van der Waals surface area contributed by atoms with E-state index in [1.807, 2.05) is 30.3 Å². The van der Waals surface area contributed by atoms with E-state index >= 15 is 0 Å². The van der Waals surface area contributed by atoms with Crippen molar-refractivity contribution < 1.29 is 23.8 Å². The molecule has 174 valence electrons. The molecule has 1 N–H and O–H groups in total. The monoisotopic (exact) mass is 454 g/mol. The molecule has 8 heteroatoms. The molecule has 0 heterocycles. The minimum Gasteiger partial charge on any atom is -0.459 e. The van der Waals surface area contributed by atoms with E-state index in [0.29, 0.717) is 18.7 Å². The van der Waals surface area contributed by atoms with Gasteiger partial charge in [0, 0.05) is 12.3 Å². The lowest BCUT2D eigenvalue weighted by Crippen LogP contribution is -2.44. The van der Waals surface area contributed by atoms with Crippen LogP contribution in [0.4, 0.5) is 4.79 Å².